The molecule has 3 N–H and O–H groups in total. The quantitative estimate of drug-likeness (QED) is 0.393. The summed E-state index contributed by atoms with van der Waals surface area (Å²) in [7, 11) is 3.83. The third kappa shape index (κ3) is 1.93. The second-order valence-corrected chi connectivity index (χ2v) is 5.55. The Hall–Kier alpha value is -1.75. The lowest BCUT2D eigenvalue weighted by Gasteiger charge is -2.45. The molecule has 1 unspecified atom stereocenters. The number of rotatable bonds is 3. The molecule has 0 saturated heterocycles. The average Bonchev–Trinajstić information content (AvgIpc) is 2.73. The van der Waals surface area contributed by atoms with E-state index in [2.05, 4.69) is 4.98 Å². The van der Waals surface area contributed by atoms with Crippen molar-refractivity contribution < 1.29 is 15.3 Å². The van der Waals surface area contributed by atoms with E-state index in [4.69, 9.17) is 0 Å². The van der Waals surface area contributed by atoms with E-state index in [0.717, 1.165) is 7.85 Å². The van der Waals surface area contributed by atoms with Crippen molar-refractivity contribution in [1.82, 2.24) is 9.38 Å². The number of fused-ring (bicyclic) bond motifs is 1. The molecule has 0 aliphatic heterocycles. The molecule has 20 heavy (non-hydrogen) atoms. The molecule has 0 aromatic carbocycles. The number of imidazole rings is 1. The van der Waals surface area contributed by atoms with Gasteiger partial charge >= 0.3 is 0 Å². The van der Waals surface area contributed by atoms with Crippen LogP contribution in [0.4, 0.5) is 0 Å². The fourth-order valence-electron chi connectivity index (χ4n) is 2.66. The van der Waals surface area contributed by atoms with Crippen molar-refractivity contribution in [3.8, 4) is 6.07 Å². The normalized spacial score (nSPS) is 15.7. The first-order valence-corrected chi connectivity index (χ1v) is 6.15. The Morgan fingerprint density at radius 2 is 1.85 bits per heavy atom. The highest BCUT2D eigenvalue weighted by Crippen LogP contribution is 2.39. The van der Waals surface area contributed by atoms with E-state index in [1.807, 2.05) is 6.07 Å². The Labute approximate surface area is 118 Å². The molecular formula is C11H14B3N3O3. The van der Waals surface area contributed by atoms with Gasteiger partial charge in [-0.25, -0.2) is 4.98 Å². The second kappa shape index (κ2) is 4.38. The number of hydrogen-bond acceptors (Lipinski definition) is 5. The minimum absolute atomic E-state index is 0.290. The zero-order valence-corrected chi connectivity index (χ0v) is 11.6. The molecule has 0 aliphatic rings. The van der Waals surface area contributed by atoms with E-state index in [-0.39, 0.29) is 0 Å². The van der Waals surface area contributed by atoms with Crippen molar-refractivity contribution in [1.29, 1.82) is 5.26 Å². The molecule has 0 aliphatic carbocycles. The first kappa shape index (κ1) is 14.7. The standard InChI is InChI=1S/C11H14B3N3O3/c12-10(13,18)9(6-15,11(14,19)20)7-1-3-17-4-2-16-8(17)5-7/h1-5,18-20H,12-14H2. The molecule has 0 saturated carbocycles. The largest absolute Gasteiger partial charge is 0.406 e. The maximum Gasteiger partial charge on any atom is 0.180 e. The van der Waals surface area contributed by atoms with Gasteiger partial charge in [-0.3, -0.25) is 0 Å². The fourth-order valence-corrected chi connectivity index (χ4v) is 2.66. The molecule has 2 heterocycles. The summed E-state index contributed by atoms with van der Waals surface area (Å²) in [4.78, 5) is 4.10. The number of nitrogens with zero attached hydrogens (tertiary/aromatic N) is 3. The highest BCUT2D eigenvalue weighted by molar-refractivity contribution is 6.41. The molecule has 0 fully saturated rings. The van der Waals surface area contributed by atoms with E-state index in [1.165, 1.54) is 15.7 Å². The Kier molecular flexibility index (Phi) is 3.21. The van der Waals surface area contributed by atoms with Gasteiger partial charge < -0.3 is 19.7 Å². The molecule has 1 atom stereocenters. The van der Waals surface area contributed by atoms with Crippen molar-refractivity contribution in [2.24, 2.45) is 0 Å². The lowest BCUT2D eigenvalue weighted by Crippen LogP contribution is -2.66. The molecular weight excluding hydrogens is 255 g/mol. The van der Waals surface area contributed by atoms with Crippen LogP contribution in [0.2, 0.25) is 0 Å². The van der Waals surface area contributed by atoms with Gasteiger partial charge in [-0.15, -0.1) is 0 Å². The van der Waals surface area contributed by atoms with Crippen molar-refractivity contribution in [3.63, 3.8) is 0 Å². The van der Waals surface area contributed by atoms with Gasteiger partial charge in [-0.2, -0.15) is 5.26 Å². The van der Waals surface area contributed by atoms with Crippen LogP contribution < -0.4 is 0 Å². The molecule has 2 rings (SSSR count). The first-order chi connectivity index (χ1) is 9.13. The van der Waals surface area contributed by atoms with Crippen LogP contribution in [0.1, 0.15) is 5.56 Å². The van der Waals surface area contributed by atoms with Crippen LogP contribution in [-0.2, 0) is 5.41 Å². The summed E-state index contributed by atoms with van der Waals surface area (Å²) in [5.41, 5.74) is -3.49. The first-order valence-electron chi connectivity index (χ1n) is 6.15. The van der Waals surface area contributed by atoms with Crippen molar-refractivity contribution in [3.05, 3.63) is 36.3 Å². The number of aromatic nitrogens is 2. The van der Waals surface area contributed by atoms with E-state index in [1.54, 1.807) is 35.1 Å². The summed E-state index contributed by atoms with van der Waals surface area (Å²) >= 11 is 0. The molecule has 2 aromatic rings. The van der Waals surface area contributed by atoms with E-state index < -0.39 is 16.5 Å². The van der Waals surface area contributed by atoms with E-state index in [9.17, 15) is 20.6 Å². The zero-order chi connectivity index (χ0) is 15.2. The monoisotopic (exact) mass is 269 g/mol. The molecule has 0 radical (unpaired) electrons. The Morgan fingerprint density at radius 3 is 2.35 bits per heavy atom. The van der Waals surface area contributed by atoms with E-state index in [0.29, 0.717) is 11.2 Å². The number of aliphatic hydroxyl groups is 3. The summed E-state index contributed by atoms with van der Waals surface area (Å²) < 4.78 is 1.72. The summed E-state index contributed by atoms with van der Waals surface area (Å²) in [6.45, 7) is 0. The molecule has 0 bridgehead atoms. The van der Waals surface area contributed by atoms with Crippen molar-refractivity contribution in [2.75, 3.05) is 0 Å². The summed E-state index contributed by atoms with van der Waals surface area (Å²) in [5, 5.41) is 38.4. The van der Waals surface area contributed by atoms with Crippen LogP contribution in [0.15, 0.2) is 30.7 Å². The lowest BCUT2D eigenvalue weighted by atomic mass is 9.44. The highest BCUT2D eigenvalue weighted by Gasteiger charge is 2.57. The molecule has 2 aromatic heterocycles. The summed E-state index contributed by atoms with van der Waals surface area (Å²) in [6, 6.07) is 5.01. The summed E-state index contributed by atoms with van der Waals surface area (Å²) in [6.07, 6.45) is 4.98. The topological polar surface area (TPSA) is 102 Å². The van der Waals surface area contributed by atoms with Gasteiger partial charge in [0.05, 0.1) is 6.07 Å². The van der Waals surface area contributed by atoms with Crippen LogP contribution in [0.5, 0.6) is 0 Å². The van der Waals surface area contributed by atoms with Crippen molar-refractivity contribution >= 4 is 29.2 Å². The van der Waals surface area contributed by atoms with Gasteiger partial charge in [0, 0.05) is 24.0 Å². The van der Waals surface area contributed by atoms with Gasteiger partial charge in [-0.05, 0) is 17.7 Å². The third-order valence-electron chi connectivity index (χ3n) is 3.63. The van der Waals surface area contributed by atoms with Crippen molar-refractivity contribution in [2.45, 2.75) is 16.5 Å². The molecule has 9 heteroatoms. The van der Waals surface area contributed by atoms with Crippen LogP contribution in [-0.4, -0.2) is 59.3 Å². The van der Waals surface area contributed by atoms with Gasteiger partial charge in [0.1, 0.15) is 32.4 Å². The van der Waals surface area contributed by atoms with Gasteiger partial charge in [0.25, 0.3) is 0 Å². The number of hydrogen-bond donors (Lipinski definition) is 3. The van der Waals surface area contributed by atoms with Gasteiger partial charge in [-0.1, -0.05) is 0 Å². The number of nitriles is 1. The lowest BCUT2D eigenvalue weighted by molar-refractivity contribution is -0.151. The number of pyridine rings is 1. The third-order valence-corrected chi connectivity index (χ3v) is 3.63. The molecule has 0 spiro atoms. The molecule has 100 valence electrons. The Balaban J connectivity index is 2.78. The predicted octanol–water partition coefficient (Wildman–Crippen LogP) is -3.72. The minimum Gasteiger partial charge on any atom is -0.406 e. The highest BCUT2D eigenvalue weighted by atomic mass is 16.5. The predicted molar refractivity (Wildman–Crippen MR) is 80.2 cm³/mol. The zero-order valence-electron chi connectivity index (χ0n) is 11.6. The molecule has 6 nitrogen and oxygen atoms in total. The van der Waals surface area contributed by atoms with Crippen LogP contribution in [0, 0.1) is 11.3 Å². The minimum atomic E-state index is -2.43. The Morgan fingerprint density at radius 1 is 1.20 bits per heavy atom. The second-order valence-electron chi connectivity index (χ2n) is 5.55. The van der Waals surface area contributed by atoms with Crippen LogP contribution in [0.25, 0.3) is 5.65 Å². The average molecular weight is 269 g/mol. The van der Waals surface area contributed by atoms with Gasteiger partial charge in [0.15, 0.2) is 7.85 Å². The van der Waals surface area contributed by atoms with Crippen LogP contribution in [0.3, 0.4) is 0 Å². The SMILES string of the molecule is BC(B)(O)C(C#N)(c1ccn2ccnc2c1)C(B)(O)O. The molecule has 0 amide bonds. The smallest absolute Gasteiger partial charge is 0.180 e. The fraction of sp³-hybridized carbons (Fsp3) is 0.273. The van der Waals surface area contributed by atoms with Crippen LogP contribution >= 0.6 is 0 Å². The maximum atomic E-state index is 10.4. The summed E-state index contributed by atoms with van der Waals surface area (Å²) in [5.74, 6) is 0. The maximum absolute atomic E-state index is 10.4. The van der Waals surface area contributed by atoms with E-state index >= 15 is 0 Å². The van der Waals surface area contributed by atoms with Gasteiger partial charge in [0.2, 0.25) is 0 Å². The Bertz CT molecular complexity index is 668.